The first-order valence-electron chi connectivity index (χ1n) is 6.67. The van der Waals surface area contributed by atoms with Gasteiger partial charge in [-0.3, -0.25) is 4.79 Å². The number of carbonyl (C=O) groups excluding carboxylic acids is 1. The predicted molar refractivity (Wildman–Crippen MR) is 73.3 cm³/mol. The van der Waals surface area contributed by atoms with E-state index in [-0.39, 0.29) is 5.91 Å². The quantitative estimate of drug-likeness (QED) is 0.860. The standard InChI is InChI=1S/C15H22N2O/c1-3-12-4-6-13(7-5-12)8-11-17(2)14(18)15(16)9-10-15/h4-7H,3,8-11,16H2,1-2H3. The molecule has 18 heavy (non-hydrogen) atoms. The van der Waals surface area contributed by atoms with Crippen molar-refractivity contribution in [1.82, 2.24) is 4.90 Å². The molecular formula is C15H22N2O. The molecule has 1 aromatic rings. The van der Waals surface area contributed by atoms with E-state index in [1.165, 1.54) is 11.1 Å². The molecule has 1 aromatic carbocycles. The summed E-state index contributed by atoms with van der Waals surface area (Å²) in [6.45, 7) is 2.89. The van der Waals surface area contributed by atoms with Crippen molar-refractivity contribution in [1.29, 1.82) is 0 Å². The Morgan fingerprint density at radius 2 is 1.83 bits per heavy atom. The summed E-state index contributed by atoms with van der Waals surface area (Å²) in [6, 6.07) is 8.60. The van der Waals surface area contributed by atoms with Gasteiger partial charge in [0.2, 0.25) is 5.91 Å². The van der Waals surface area contributed by atoms with Crippen molar-refractivity contribution in [3.05, 3.63) is 35.4 Å². The highest BCUT2D eigenvalue weighted by Gasteiger charge is 2.47. The Kier molecular flexibility index (Phi) is 3.71. The first-order chi connectivity index (χ1) is 8.55. The lowest BCUT2D eigenvalue weighted by molar-refractivity contribution is -0.132. The van der Waals surface area contributed by atoms with Gasteiger partial charge in [0.25, 0.3) is 0 Å². The predicted octanol–water partition coefficient (Wildman–Crippen LogP) is 1.74. The molecule has 0 unspecified atom stereocenters. The fraction of sp³-hybridized carbons (Fsp3) is 0.533. The zero-order chi connectivity index (χ0) is 13.2. The molecular weight excluding hydrogens is 224 g/mol. The number of amides is 1. The third kappa shape index (κ3) is 2.91. The first kappa shape index (κ1) is 13.1. The smallest absolute Gasteiger partial charge is 0.242 e. The molecule has 3 nitrogen and oxygen atoms in total. The van der Waals surface area contributed by atoms with Gasteiger partial charge in [-0.15, -0.1) is 0 Å². The van der Waals surface area contributed by atoms with Crippen molar-refractivity contribution in [2.75, 3.05) is 13.6 Å². The summed E-state index contributed by atoms with van der Waals surface area (Å²) in [6.07, 6.45) is 3.62. The van der Waals surface area contributed by atoms with E-state index in [4.69, 9.17) is 5.73 Å². The molecule has 1 fully saturated rings. The van der Waals surface area contributed by atoms with E-state index in [9.17, 15) is 4.79 Å². The SMILES string of the molecule is CCc1ccc(CCN(C)C(=O)C2(N)CC2)cc1. The van der Waals surface area contributed by atoms with Gasteiger partial charge in [0.1, 0.15) is 0 Å². The topological polar surface area (TPSA) is 46.3 Å². The Labute approximate surface area is 109 Å². The summed E-state index contributed by atoms with van der Waals surface area (Å²) in [5.41, 5.74) is 7.99. The number of aryl methyl sites for hydroxylation is 1. The summed E-state index contributed by atoms with van der Waals surface area (Å²) in [5, 5.41) is 0. The largest absolute Gasteiger partial charge is 0.344 e. The minimum Gasteiger partial charge on any atom is -0.344 e. The molecule has 0 saturated heterocycles. The van der Waals surface area contributed by atoms with Crippen LogP contribution in [-0.4, -0.2) is 29.9 Å². The maximum atomic E-state index is 11.9. The molecule has 2 N–H and O–H groups in total. The van der Waals surface area contributed by atoms with Gasteiger partial charge in [-0.25, -0.2) is 0 Å². The molecule has 1 amide bonds. The van der Waals surface area contributed by atoms with Crippen molar-refractivity contribution in [2.24, 2.45) is 5.73 Å². The summed E-state index contributed by atoms with van der Waals surface area (Å²) in [4.78, 5) is 13.7. The van der Waals surface area contributed by atoms with Crippen LogP contribution in [0.2, 0.25) is 0 Å². The lowest BCUT2D eigenvalue weighted by atomic mass is 10.1. The van der Waals surface area contributed by atoms with Crippen LogP contribution in [0.1, 0.15) is 30.9 Å². The first-order valence-corrected chi connectivity index (χ1v) is 6.67. The highest BCUT2D eigenvalue weighted by Crippen LogP contribution is 2.33. The Bertz CT molecular complexity index is 421. The van der Waals surface area contributed by atoms with Crippen LogP contribution in [0.25, 0.3) is 0 Å². The number of hydrogen-bond donors (Lipinski definition) is 1. The lowest BCUT2D eigenvalue weighted by Gasteiger charge is -2.20. The van der Waals surface area contributed by atoms with E-state index < -0.39 is 5.54 Å². The molecule has 1 saturated carbocycles. The Morgan fingerprint density at radius 1 is 1.28 bits per heavy atom. The molecule has 0 spiro atoms. The van der Waals surface area contributed by atoms with Crippen LogP contribution in [0, 0.1) is 0 Å². The third-order valence-electron chi connectivity index (χ3n) is 3.73. The number of likely N-dealkylation sites (N-methyl/N-ethyl adjacent to an activating group) is 1. The van der Waals surface area contributed by atoms with E-state index in [0.29, 0.717) is 0 Å². The minimum atomic E-state index is -0.541. The average molecular weight is 246 g/mol. The number of nitrogens with two attached hydrogens (primary N) is 1. The van der Waals surface area contributed by atoms with Crippen molar-refractivity contribution in [3.8, 4) is 0 Å². The van der Waals surface area contributed by atoms with E-state index >= 15 is 0 Å². The number of rotatable bonds is 5. The normalized spacial score (nSPS) is 16.4. The average Bonchev–Trinajstić information content (AvgIpc) is 3.15. The van der Waals surface area contributed by atoms with Gasteiger partial charge in [-0.1, -0.05) is 31.2 Å². The Hall–Kier alpha value is -1.35. The number of nitrogens with zero attached hydrogens (tertiary/aromatic N) is 1. The van der Waals surface area contributed by atoms with Crippen LogP contribution in [0.4, 0.5) is 0 Å². The van der Waals surface area contributed by atoms with Crippen molar-refractivity contribution in [3.63, 3.8) is 0 Å². The second kappa shape index (κ2) is 5.11. The van der Waals surface area contributed by atoms with Gasteiger partial charge in [0.05, 0.1) is 5.54 Å². The minimum absolute atomic E-state index is 0.0904. The highest BCUT2D eigenvalue weighted by molar-refractivity contribution is 5.88. The van der Waals surface area contributed by atoms with E-state index in [2.05, 4.69) is 31.2 Å². The fourth-order valence-electron chi connectivity index (χ4n) is 2.07. The molecule has 1 aliphatic rings. The zero-order valence-corrected chi connectivity index (χ0v) is 11.3. The number of benzene rings is 1. The van der Waals surface area contributed by atoms with Crippen LogP contribution in [0.3, 0.4) is 0 Å². The number of carbonyl (C=O) groups is 1. The van der Waals surface area contributed by atoms with E-state index in [1.54, 1.807) is 4.90 Å². The van der Waals surface area contributed by atoms with Crippen molar-refractivity contribution in [2.45, 2.75) is 38.1 Å². The van der Waals surface area contributed by atoms with Crippen LogP contribution >= 0.6 is 0 Å². The molecule has 0 aromatic heterocycles. The van der Waals surface area contributed by atoms with Crippen LogP contribution in [-0.2, 0) is 17.6 Å². The zero-order valence-electron chi connectivity index (χ0n) is 11.3. The monoisotopic (exact) mass is 246 g/mol. The summed E-state index contributed by atoms with van der Waals surface area (Å²) in [7, 11) is 1.84. The molecule has 0 atom stereocenters. The summed E-state index contributed by atoms with van der Waals surface area (Å²) in [5.74, 6) is 0.0904. The van der Waals surface area contributed by atoms with Crippen LogP contribution in [0.15, 0.2) is 24.3 Å². The summed E-state index contributed by atoms with van der Waals surface area (Å²) < 4.78 is 0. The Balaban J connectivity index is 1.85. The van der Waals surface area contributed by atoms with E-state index in [1.807, 2.05) is 7.05 Å². The maximum absolute atomic E-state index is 11.9. The van der Waals surface area contributed by atoms with E-state index in [0.717, 1.165) is 32.2 Å². The van der Waals surface area contributed by atoms with Gasteiger partial charge in [-0.05, 0) is 36.8 Å². The second-order valence-electron chi connectivity index (χ2n) is 5.30. The van der Waals surface area contributed by atoms with Gasteiger partial charge in [0, 0.05) is 13.6 Å². The number of hydrogen-bond acceptors (Lipinski definition) is 2. The highest BCUT2D eigenvalue weighted by atomic mass is 16.2. The molecule has 0 aliphatic heterocycles. The van der Waals surface area contributed by atoms with Gasteiger partial charge in [-0.2, -0.15) is 0 Å². The molecule has 2 rings (SSSR count). The second-order valence-corrected chi connectivity index (χ2v) is 5.30. The molecule has 0 radical (unpaired) electrons. The summed E-state index contributed by atoms with van der Waals surface area (Å²) >= 11 is 0. The van der Waals surface area contributed by atoms with Gasteiger partial charge < -0.3 is 10.6 Å². The molecule has 98 valence electrons. The Morgan fingerprint density at radius 3 is 2.33 bits per heavy atom. The molecule has 1 aliphatic carbocycles. The van der Waals surface area contributed by atoms with Crippen LogP contribution < -0.4 is 5.73 Å². The van der Waals surface area contributed by atoms with Gasteiger partial charge in [0.15, 0.2) is 0 Å². The molecule has 0 bridgehead atoms. The third-order valence-corrected chi connectivity index (χ3v) is 3.73. The lowest BCUT2D eigenvalue weighted by Crippen LogP contribution is -2.44. The maximum Gasteiger partial charge on any atom is 0.242 e. The van der Waals surface area contributed by atoms with Gasteiger partial charge >= 0.3 is 0 Å². The molecule has 3 heteroatoms. The molecule has 0 heterocycles. The van der Waals surface area contributed by atoms with Crippen molar-refractivity contribution >= 4 is 5.91 Å². The van der Waals surface area contributed by atoms with Crippen LogP contribution in [0.5, 0.6) is 0 Å². The fourth-order valence-corrected chi connectivity index (χ4v) is 2.07. The van der Waals surface area contributed by atoms with Crippen molar-refractivity contribution < 1.29 is 4.79 Å².